The number of hydrogen-bond donors (Lipinski definition) is 1. The van der Waals surface area contributed by atoms with E-state index < -0.39 is 0 Å². The summed E-state index contributed by atoms with van der Waals surface area (Å²) in [5.41, 5.74) is 5.42. The first-order valence-electron chi connectivity index (χ1n) is 10.0. The number of amides is 1. The highest BCUT2D eigenvalue weighted by Gasteiger charge is 2.38. The molecule has 144 valence electrons. The van der Waals surface area contributed by atoms with Crippen LogP contribution in [0.1, 0.15) is 28.8 Å². The van der Waals surface area contributed by atoms with Crippen molar-refractivity contribution in [2.45, 2.75) is 19.4 Å². The minimum atomic E-state index is -0.172. The van der Waals surface area contributed by atoms with E-state index in [9.17, 15) is 4.79 Å². The summed E-state index contributed by atoms with van der Waals surface area (Å²) in [7, 11) is 0. The molecule has 0 aliphatic heterocycles. The maximum atomic E-state index is 12.3. The zero-order chi connectivity index (χ0) is 19.6. The van der Waals surface area contributed by atoms with Crippen LogP contribution in [-0.4, -0.2) is 11.6 Å². The first-order valence-corrected chi connectivity index (χ1v) is 10.0. The number of fused-ring (bicyclic) bond motifs is 2. The van der Waals surface area contributed by atoms with Gasteiger partial charge in [0.25, 0.3) is 5.91 Å². The molecular weight excluding hydrogens is 360 g/mol. The normalized spacial score (nSPS) is 21.0. The number of carbonyl (C=O) groups excluding carboxylic acids is 1. The van der Waals surface area contributed by atoms with Crippen molar-refractivity contribution < 1.29 is 9.53 Å². The lowest BCUT2D eigenvalue weighted by molar-refractivity contribution is 0.0954. The average Bonchev–Trinajstić information content (AvgIpc) is 3.13. The molecule has 0 unspecified atom stereocenters. The van der Waals surface area contributed by atoms with Crippen LogP contribution in [0.5, 0.6) is 5.75 Å². The van der Waals surface area contributed by atoms with E-state index in [4.69, 9.17) is 4.74 Å². The van der Waals surface area contributed by atoms with E-state index in [-0.39, 0.29) is 5.91 Å². The third-order valence-electron chi connectivity index (χ3n) is 5.81. The third kappa shape index (κ3) is 3.66. The molecule has 0 radical (unpaired) electrons. The summed E-state index contributed by atoms with van der Waals surface area (Å²) in [6, 6.07) is 21.8. The molecule has 4 heteroatoms. The minimum absolute atomic E-state index is 0.172. The van der Waals surface area contributed by atoms with Crippen molar-refractivity contribution >= 4 is 22.4 Å². The van der Waals surface area contributed by atoms with E-state index in [2.05, 4.69) is 40.9 Å². The number of hydrogen-bond acceptors (Lipinski definition) is 3. The predicted octanol–water partition coefficient (Wildman–Crippen LogP) is 5.10. The molecule has 2 atom stereocenters. The van der Waals surface area contributed by atoms with Gasteiger partial charge in [-0.15, -0.1) is 0 Å². The van der Waals surface area contributed by atoms with Gasteiger partial charge in [0.1, 0.15) is 12.4 Å². The van der Waals surface area contributed by atoms with E-state index in [1.165, 1.54) is 5.39 Å². The molecule has 3 aromatic rings. The summed E-state index contributed by atoms with van der Waals surface area (Å²) in [6.07, 6.45) is 6.47. The Hall–Kier alpha value is -3.40. The van der Waals surface area contributed by atoms with Gasteiger partial charge in [-0.2, -0.15) is 5.10 Å². The lowest BCUT2D eigenvalue weighted by Gasteiger charge is -2.31. The average molecular weight is 382 g/mol. The smallest absolute Gasteiger partial charge is 0.271 e. The maximum absolute atomic E-state index is 12.3. The van der Waals surface area contributed by atoms with Gasteiger partial charge in [-0.05, 0) is 59.4 Å². The molecule has 0 saturated heterocycles. The summed E-state index contributed by atoms with van der Waals surface area (Å²) in [4.78, 5) is 12.3. The molecule has 4 nitrogen and oxygen atoms in total. The molecule has 0 bridgehead atoms. The third-order valence-corrected chi connectivity index (χ3v) is 5.81. The molecule has 0 heterocycles. The van der Waals surface area contributed by atoms with Crippen LogP contribution in [0.4, 0.5) is 0 Å². The number of rotatable bonds is 5. The zero-order valence-corrected chi connectivity index (χ0v) is 16.0. The number of benzene rings is 3. The van der Waals surface area contributed by atoms with Crippen molar-refractivity contribution in [2.24, 2.45) is 16.9 Å². The summed E-state index contributed by atoms with van der Waals surface area (Å²) in [5.74, 6) is 1.80. The molecular formula is C25H22N2O2. The number of carbonyl (C=O) groups is 1. The maximum Gasteiger partial charge on any atom is 0.271 e. The van der Waals surface area contributed by atoms with Gasteiger partial charge in [0, 0.05) is 17.2 Å². The summed E-state index contributed by atoms with van der Waals surface area (Å²) in [6.45, 7) is 0.457. The molecule has 1 amide bonds. The Morgan fingerprint density at radius 2 is 1.86 bits per heavy atom. The molecule has 1 fully saturated rings. The zero-order valence-electron chi connectivity index (χ0n) is 16.0. The highest BCUT2D eigenvalue weighted by atomic mass is 16.5. The lowest BCUT2D eigenvalue weighted by atomic mass is 9.74. The van der Waals surface area contributed by atoms with Crippen LogP contribution in [0, 0.1) is 11.8 Å². The van der Waals surface area contributed by atoms with Gasteiger partial charge in [0.15, 0.2) is 0 Å². The van der Waals surface area contributed by atoms with Crippen molar-refractivity contribution in [3.8, 4) is 5.75 Å². The number of nitrogens with zero attached hydrogens (tertiary/aromatic N) is 1. The monoisotopic (exact) mass is 382 g/mol. The second-order valence-electron chi connectivity index (χ2n) is 7.68. The van der Waals surface area contributed by atoms with Gasteiger partial charge in [0.05, 0.1) is 0 Å². The van der Waals surface area contributed by atoms with Gasteiger partial charge < -0.3 is 4.74 Å². The van der Waals surface area contributed by atoms with Crippen LogP contribution < -0.4 is 10.2 Å². The highest BCUT2D eigenvalue weighted by Crippen LogP contribution is 2.40. The van der Waals surface area contributed by atoms with Crippen LogP contribution in [-0.2, 0) is 6.61 Å². The Bertz CT molecular complexity index is 1120. The largest absolute Gasteiger partial charge is 0.489 e. The summed E-state index contributed by atoms with van der Waals surface area (Å²) >= 11 is 0. The van der Waals surface area contributed by atoms with Gasteiger partial charge >= 0.3 is 0 Å². The Labute approximate surface area is 169 Å². The highest BCUT2D eigenvalue weighted by molar-refractivity contribution is 5.98. The van der Waals surface area contributed by atoms with E-state index in [1.807, 2.05) is 48.5 Å². The van der Waals surface area contributed by atoms with Crippen LogP contribution in [0.3, 0.4) is 0 Å². The van der Waals surface area contributed by atoms with Crippen molar-refractivity contribution in [3.05, 3.63) is 90.0 Å². The first kappa shape index (κ1) is 17.7. The first-order chi connectivity index (χ1) is 14.3. The number of allylic oxidation sites excluding steroid dienone is 2. The molecule has 5 rings (SSSR count). The molecule has 2 aliphatic carbocycles. The topological polar surface area (TPSA) is 50.7 Å². The molecule has 1 N–H and O–H groups in total. The molecule has 1 saturated carbocycles. The van der Waals surface area contributed by atoms with E-state index >= 15 is 0 Å². The van der Waals surface area contributed by atoms with E-state index in [1.54, 1.807) is 0 Å². The van der Waals surface area contributed by atoms with Gasteiger partial charge in [-0.25, -0.2) is 5.43 Å². The van der Waals surface area contributed by atoms with E-state index in [0.29, 0.717) is 24.0 Å². The Balaban J connectivity index is 1.17. The van der Waals surface area contributed by atoms with Crippen molar-refractivity contribution in [3.63, 3.8) is 0 Å². The molecule has 0 aromatic heterocycles. The van der Waals surface area contributed by atoms with Crippen LogP contribution in [0.15, 0.2) is 84.0 Å². The van der Waals surface area contributed by atoms with Gasteiger partial charge in [-0.3, -0.25) is 4.79 Å². The Morgan fingerprint density at radius 1 is 1.03 bits per heavy atom. The number of ether oxygens (including phenoxy) is 1. The second-order valence-corrected chi connectivity index (χ2v) is 7.68. The van der Waals surface area contributed by atoms with Crippen LogP contribution in [0.25, 0.3) is 10.8 Å². The summed E-state index contributed by atoms with van der Waals surface area (Å²) in [5, 5.41) is 6.68. The molecule has 29 heavy (non-hydrogen) atoms. The quantitative estimate of drug-likeness (QED) is 0.493. The fraction of sp³-hybridized carbons (Fsp3) is 0.200. The number of hydrazone groups is 1. The number of nitrogens with one attached hydrogen (secondary N) is 1. The van der Waals surface area contributed by atoms with Crippen molar-refractivity contribution in [1.29, 1.82) is 0 Å². The van der Waals surface area contributed by atoms with Crippen LogP contribution in [0.2, 0.25) is 0 Å². The van der Waals surface area contributed by atoms with Crippen molar-refractivity contribution in [1.82, 2.24) is 5.43 Å². The fourth-order valence-electron chi connectivity index (χ4n) is 4.03. The fourth-order valence-corrected chi connectivity index (χ4v) is 4.03. The van der Waals surface area contributed by atoms with Gasteiger partial charge in [0.2, 0.25) is 0 Å². The molecule has 0 spiro atoms. The SMILES string of the molecule is O=C(N/N=C1/C[C@H]2C=CC[C@H]12)c1ccc(COc2ccc3ccccc3c2)cc1. The van der Waals surface area contributed by atoms with E-state index in [0.717, 1.165) is 35.3 Å². The van der Waals surface area contributed by atoms with Crippen LogP contribution >= 0.6 is 0 Å². The molecule has 3 aromatic carbocycles. The Morgan fingerprint density at radius 3 is 2.69 bits per heavy atom. The second kappa shape index (κ2) is 7.55. The summed E-state index contributed by atoms with van der Waals surface area (Å²) < 4.78 is 5.91. The predicted molar refractivity (Wildman–Crippen MR) is 115 cm³/mol. The van der Waals surface area contributed by atoms with Crippen molar-refractivity contribution in [2.75, 3.05) is 0 Å². The minimum Gasteiger partial charge on any atom is -0.489 e. The van der Waals surface area contributed by atoms with Gasteiger partial charge in [-0.1, -0.05) is 54.6 Å². The Kier molecular flexibility index (Phi) is 4.60. The standard InChI is InChI=1S/C25H22N2O2/c28-25(27-26-24-15-21-6-3-7-23(21)24)19-10-8-17(9-11-19)16-29-22-13-12-18-4-1-2-5-20(18)14-22/h1-6,8-14,21,23H,7,15-16H2,(H,27,28)/b26-24-/t21-,23+/m1/s1. The lowest BCUT2D eigenvalue weighted by Crippen LogP contribution is -2.35. The molecule has 2 aliphatic rings.